The molecule has 0 spiro atoms. The van der Waals surface area contributed by atoms with E-state index in [1.807, 2.05) is 0 Å². The predicted molar refractivity (Wildman–Crippen MR) is 74.3 cm³/mol. The summed E-state index contributed by atoms with van der Waals surface area (Å²) in [6.45, 7) is 0. The Kier molecular flexibility index (Phi) is 4.48. The van der Waals surface area contributed by atoms with E-state index in [0.29, 0.717) is 11.6 Å². The second kappa shape index (κ2) is 5.71. The van der Waals surface area contributed by atoms with Gasteiger partial charge < -0.3 is 10.2 Å². The highest BCUT2D eigenvalue weighted by Gasteiger charge is 2.44. The second-order valence-corrected chi connectivity index (χ2v) is 6.37. The summed E-state index contributed by atoms with van der Waals surface area (Å²) in [5.41, 5.74) is 0.433. The molecule has 0 radical (unpaired) electrons. The molecule has 2 saturated carbocycles. The Bertz CT molecular complexity index is 225. The summed E-state index contributed by atoms with van der Waals surface area (Å²) in [6, 6.07) is 0.709. The molecule has 0 saturated heterocycles. The second-order valence-electron chi connectivity index (χ2n) is 6.37. The van der Waals surface area contributed by atoms with E-state index >= 15 is 0 Å². The number of nitrogens with zero attached hydrogens (tertiary/aromatic N) is 1. The molecule has 0 heterocycles. The van der Waals surface area contributed by atoms with Crippen LogP contribution in [0.15, 0.2) is 0 Å². The Labute approximate surface area is 107 Å². The van der Waals surface area contributed by atoms with Crippen molar-refractivity contribution >= 4 is 0 Å². The summed E-state index contributed by atoms with van der Waals surface area (Å²) < 4.78 is 0. The van der Waals surface area contributed by atoms with Gasteiger partial charge in [0, 0.05) is 11.6 Å². The van der Waals surface area contributed by atoms with Gasteiger partial charge in [-0.3, -0.25) is 0 Å². The molecular formula is C15H30N2. The van der Waals surface area contributed by atoms with Crippen LogP contribution in [0.3, 0.4) is 0 Å². The molecular weight excluding hydrogens is 208 g/mol. The van der Waals surface area contributed by atoms with Gasteiger partial charge in [-0.1, -0.05) is 32.1 Å². The van der Waals surface area contributed by atoms with Crippen molar-refractivity contribution in [3.8, 4) is 0 Å². The van der Waals surface area contributed by atoms with Crippen molar-refractivity contribution in [3.05, 3.63) is 0 Å². The first-order chi connectivity index (χ1) is 8.20. The van der Waals surface area contributed by atoms with Gasteiger partial charge in [0.2, 0.25) is 0 Å². The van der Waals surface area contributed by atoms with Gasteiger partial charge in [0.05, 0.1) is 0 Å². The maximum atomic E-state index is 3.69. The van der Waals surface area contributed by atoms with E-state index < -0.39 is 0 Å². The lowest BCUT2D eigenvalue weighted by atomic mass is 9.70. The molecule has 2 fully saturated rings. The van der Waals surface area contributed by atoms with Crippen molar-refractivity contribution < 1.29 is 0 Å². The number of rotatable bonds is 4. The zero-order valence-corrected chi connectivity index (χ0v) is 12.0. The minimum atomic E-state index is 0.433. The number of hydrogen-bond acceptors (Lipinski definition) is 2. The molecule has 17 heavy (non-hydrogen) atoms. The predicted octanol–water partition coefficient (Wildman–Crippen LogP) is 3.03. The third-order valence-electron chi connectivity index (χ3n) is 5.37. The first-order valence-corrected chi connectivity index (χ1v) is 7.55. The Hall–Kier alpha value is -0.0800. The molecule has 1 unspecified atom stereocenters. The molecule has 0 aromatic carbocycles. The Morgan fingerprint density at radius 2 is 1.59 bits per heavy atom. The van der Waals surface area contributed by atoms with Gasteiger partial charge in [0.25, 0.3) is 0 Å². The molecule has 0 aromatic rings. The van der Waals surface area contributed by atoms with Gasteiger partial charge in [0.1, 0.15) is 0 Å². The highest BCUT2D eigenvalue weighted by molar-refractivity contribution is 5.03. The van der Waals surface area contributed by atoms with Crippen molar-refractivity contribution in [2.24, 2.45) is 5.92 Å². The SMILES string of the molecule is CNC(C1CCCC1)C1(N(C)C)CCCCC1. The van der Waals surface area contributed by atoms with E-state index in [1.165, 1.54) is 57.8 Å². The van der Waals surface area contributed by atoms with Crippen LogP contribution in [0.4, 0.5) is 0 Å². The standard InChI is InChI=1S/C15H30N2/c1-16-14(13-9-5-6-10-13)15(17(2)3)11-7-4-8-12-15/h13-14,16H,4-12H2,1-3H3. The molecule has 1 N–H and O–H groups in total. The molecule has 0 aromatic heterocycles. The van der Waals surface area contributed by atoms with Crippen LogP contribution in [0.25, 0.3) is 0 Å². The van der Waals surface area contributed by atoms with Crippen LogP contribution >= 0.6 is 0 Å². The average Bonchev–Trinajstić information content (AvgIpc) is 2.84. The van der Waals surface area contributed by atoms with Crippen LogP contribution in [0.1, 0.15) is 57.8 Å². The molecule has 100 valence electrons. The summed E-state index contributed by atoms with van der Waals surface area (Å²) in [6.07, 6.45) is 12.9. The first kappa shape index (κ1) is 13.4. The third kappa shape index (κ3) is 2.53. The fourth-order valence-electron chi connectivity index (χ4n) is 4.43. The van der Waals surface area contributed by atoms with E-state index in [9.17, 15) is 0 Å². The molecule has 0 aliphatic heterocycles. The molecule has 2 aliphatic carbocycles. The zero-order chi connectivity index (χ0) is 12.3. The summed E-state index contributed by atoms with van der Waals surface area (Å²) in [5.74, 6) is 0.917. The van der Waals surface area contributed by atoms with Crippen molar-refractivity contribution in [2.75, 3.05) is 21.1 Å². The van der Waals surface area contributed by atoms with Crippen molar-refractivity contribution in [3.63, 3.8) is 0 Å². The van der Waals surface area contributed by atoms with Gasteiger partial charge in [-0.25, -0.2) is 0 Å². The fourth-order valence-corrected chi connectivity index (χ4v) is 4.43. The Balaban J connectivity index is 2.16. The lowest BCUT2D eigenvalue weighted by Crippen LogP contribution is -2.61. The highest BCUT2D eigenvalue weighted by Crippen LogP contribution is 2.41. The Morgan fingerprint density at radius 3 is 2.06 bits per heavy atom. The van der Waals surface area contributed by atoms with Gasteiger partial charge in [-0.2, -0.15) is 0 Å². The van der Waals surface area contributed by atoms with Gasteiger partial charge in [-0.15, -0.1) is 0 Å². The minimum absolute atomic E-state index is 0.433. The maximum absolute atomic E-state index is 3.69. The van der Waals surface area contributed by atoms with Crippen molar-refractivity contribution in [1.29, 1.82) is 0 Å². The van der Waals surface area contributed by atoms with E-state index in [4.69, 9.17) is 0 Å². The summed E-state index contributed by atoms with van der Waals surface area (Å²) in [4.78, 5) is 2.53. The fraction of sp³-hybridized carbons (Fsp3) is 1.00. The van der Waals surface area contributed by atoms with Crippen LogP contribution < -0.4 is 5.32 Å². The molecule has 2 aliphatic rings. The van der Waals surface area contributed by atoms with Crippen LogP contribution in [0.5, 0.6) is 0 Å². The lowest BCUT2D eigenvalue weighted by Gasteiger charge is -2.50. The van der Waals surface area contributed by atoms with E-state index in [2.05, 4.69) is 31.4 Å². The topological polar surface area (TPSA) is 15.3 Å². The zero-order valence-electron chi connectivity index (χ0n) is 12.0. The van der Waals surface area contributed by atoms with Crippen molar-refractivity contribution in [1.82, 2.24) is 10.2 Å². The monoisotopic (exact) mass is 238 g/mol. The van der Waals surface area contributed by atoms with Gasteiger partial charge in [0.15, 0.2) is 0 Å². The normalized spacial score (nSPS) is 27.5. The van der Waals surface area contributed by atoms with Gasteiger partial charge >= 0.3 is 0 Å². The third-order valence-corrected chi connectivity index (χ3v) is 5.37. The molecule has 2 rings (SSSR count). The minimum Gasteiger partial charge on any atom is -0.315 e. The van der Waals surface area contributed by atoms with Crippen LogP contribution in [0, 0.1) is 5.92 Å². The summed E-state index contributed by atoms with van der Waals surface area (Å²) in [7, 11) is 6.78. The molecule has 2 heteroatoms. The number of nitrogens with one attached hydrogen (secondary N) is 1. The van der Waals surface area contributed by atoms with Crippen LogP contribution in [-0.4, -0.2) is 37.6 Å². The average molecular weight is 238 g/mol. The molecule has 0 amide bonds. The van der Waals surface area contributed by atoms with Crippen molar-refractivity contribution in [2.45, 2.75) is 69.4 Å². The molecule has 2 nitrogen and oxygen atoms in total. The summed E-state index contributed by atoms with van der Waals surface area (Å²) >= 11 is 0. The quantitative estimate of drug-likeness (QED) is 0.810. The first-order valence-electron chi connectivity index (χ1n) is 7.55. The van der Waals surface area contributed by atoms with Gasteiger partial charge in [-0.05, 0) is 52.7 Å². The smallest absolute Gasteiger partial charge is 0.0359 e. The Morgan fingerprint density at radius 1 is 1.00 bits per heavy atom. The maximum Gasteiger partial charge on any atom is 0.0359 e. The number of hydrogen-bond donors (Lipinski definition) is 1. The van der Waals surface area contributed by atoms with E-state index in [1.54, 1.807) is 0 Å². The molecule has 0 bridgehead atoms. The summed E-state index contributed by atoms with van der Waals surface area (Å²) in [5, 5.41) is 3.69. The van der Waals surface area contributed by atoms with Crippen LogP contribution in [0.2, 0.25) is 0 Å². The van der Waals surface area contributed by atoms with E-state index in [-0.39, 0.29) is 0 Å². The lowest BCUT2D eigenvalue weighted by molar-refractivity contribution is 0.0365. The van der Waals surface area contributed by atoms with Crippen LogP contribution in [-0.2, 0) is 0 Å². The highest BCUT2D eigenvalue weighted by atomic mass is 15.2. The largest absolute Gasteiger partial charge is 0.315 e. The molecule has 1 atom stereocenters. The number of likely N-dealkylation sites (N-methyl/N-ethyl adjacent to an activating group) is 2. The van der Waals surface area contributed by atoms with E-state index in [0.717, 1.165) is 5.92 Å².